The van der Waals surface area contributed by atoms with Gasteiger partial charge in [0.15, 0.2) is 0 Å². The molecular formula is C15H18ClN3. The van der Waals surface area contributed by atoms with Crippen molar-refractivity contribution in [1.29, 1.82) is 0 Å². The van der Waals surface area contributed by atoms with Crippen LogP contribution in [0.2, 0.25) is 5.02 Å². The maximum Gasteiger partial charge on any atom is 0.124 e. The smallest absolute Gasteiger partial charge is 0.124 e. The van der Waals surface area contributed by atoms with Crippen molar-refractivity contribution in [3.63, 3.8) is 0 Å². The Bertz CT molecular complexity index is 592. The Morgan fingerprint density at radius 3 is 2.95 bits per heavy atom. The van der Waals surface area contributed by atoms with Gasteiger partial charge >= 0.3 is 0 Å². The SMILES string of the molecule is Clc1cccc2[nH]c(C3CC4CCCCC4N3)nc12. The van der Waals surface area contributed by atoms with Crippen LogP contribution < -0.4 is 5.32 Å². The molecule has 0 spiro atoms. The molecule has 1 aromatic carbocycles. The predicted octanol–water partition coefficient (Wildman–Crippen LogP) is 3.81. The number of halogens is 1. The molecule has 100 valence electrons. The summed E-state index contributed by atoms with van der Waals surface area (Å²) in [6.45, 7) is 0. The third-order valence-electron chi connectivity index (χ3n) is 4.67. The van der Waals surface area contributed by atoms with E-state index in [1.54, 1.807) is 0 Å². The highest BCUT2D eigenvalue weighted by Crippen LogP contribution is 2.38. The van der Waals surface area contributed by atoms with Crippen molar-refractivity contribution in [1.82, 2.24) is 15.3 Å². The third-order valence-corrected chi connectivity index (χ3v) is 4.98. The molecule has 2 N–H and O–H groups in total. The fourth-order valence-corrected chi connectivity index (χ4v) is 3.93. The first-order valence-corrected chi connectivity index (χ1v) is 7.59. The molecular weight excluding hydrogens is 258 g/mol. The second-order valence-electron chi connectivity index (χ2n) is 5.86. The first-order valence-electron chi connectivity index (χ1n) is 7.21. The number of fused-ring (bicyclic) bond motifs is 2. The van der Waals surface area contributed by atoms with Crippen molar-refractivity contribution < 1.29 is 0 Å². The van der Waals surface area contributed by atoms with E-state index in [9.17, 15) is 0 Å². The summed E-state index contributed by atoms with van der Waals surface area (Å²) >= 11 is 6.20. The Labute approximate surface area is 117 Å². The number of nitrogens with one attached hydrogen (secondary N) is 2. The highest BCUT2D eigenvalue weighted by molar-refractivity contribution is 6.34. The van der Waals surface area contributed by atoms with E-state index in [2.05, 4.69) is 10.3 Å². The van der Waals surface area contributed by atoms with Gasteiger partial charge in [-0.3, -0.25) is 0 Å². The second kappa shape index (κ2) is 4.50. The molecule has 1 saturated carbocycles. The van der Waals surface area contributed by atoms with E-state index in [1.807, 2.05) is 18.2 Å². The Morgan fingerprint density at radius 2 is 2.11 bits per heavy atom. The van der Waals surface area contributed by atoms with Crippen molar-refractivity contribution in [3.05, 3.63) is 29.0 Å². The first-order chi connectivity index (χ1) is 9.31. The van der Waals surface area contributed by atoms with E-state index < -0.39 is 0 Å². The zero-order chi connectivity index (χ0) is 12.8. The maximum absolute atomic E-state index is 6.20. The van der Waals surface area contributed by atoms with Gasteiger partial charge in [0.05, 0.1) is 16.6 Å². The number of hydrogen-bond donors (Lipinski definition) is 2. The van der Waals surface area contributed by atoms with Gasteiger partial charge in [-0.15, -0.1) is 0 Å². The van der Waals surface area contributed by atoms with Gasteiger partial charge in [-0.2, -0.15) is 0 Å². The van der Waals surface area contributed by atoms with Crippen LogP contribution in [0.3, 0.4) is 0 Å². The Kier molecular flexibility index (Phi) is 2.78. The minimum atomic E-state index is 0.372. The van der Waals surface area contributed by atoms with E-state index in [0.29, 0.717) is 12.1 Å². The van der Waals surface area contributed by atoms with Gasteiger partial charge < -0.3 is 10.3 Å². The summed E-state index contributed by atoms with van der Waals surface area (Å²) in [7, 11) is 0. The minimum absolute atomic E-state index is 0.372. The fraction of sp³-hybridized carbons (Fsp3) is 0.533. The Hall–Kier alpha value is -1.06. The second-order valence-corrected chi connectivity index (χ2v) is 6.27. The Morgan fingerprint density at radius 1 is 1.21 bits per heavy atom. The normalized spacial score (nSPS) is 30.7. The molecule has 3 nitrogen and oxygen atoms in total. The van der Waals surface area contributed by atoms with Gasteiger partial charge in [0, 0.05) is 6.04 Å². The largest absolute Gasteiger partial charge is 0.341 e. The average Bonchev–Trinajstić information content (AvgIpc) is 3.02. The summed E-state index contributed by atoms with van der Waals surface area (Å²) in [4.78, 5) is 8.13. The number of aromatic amines is 1. The number of para-hydroxylation sites is 1. The lowest BCUT2D eigenvalue weighted by Gasteiger charge is -2.24. The van der Waals surface area contributed by atoms with Gasteiger partial charge in [-0.05, 0) is 37.3 Å². The molecule has 0 amide bonds. The molecule has 19 heavy (non-hydrogen) atoms. The lowest BCUT2D eigenvalue weighted by Crippen LogP contribution is -2.30. The van der Waals surface area contributed by atoms with Crippen molar-refractivity contribution in [3.8, 4) is 0 Å². The van der Waals surface area contributed by atoms with Crippen molar-refractivity contribution in [2.24, 2.45) is 5.92 Å². The third kappa shape index (κ3) is 1.96. The molecule has 3 atom stereocenters. The van der Waals surface area contributed by atoms with Crippen LogP contribution in [0.25, 0.3) is 11.0 Å². The summed E-state index contributed by atoms with van der Waals surface area (Å²) in [5, 5.41) is 4.48. The number of rotatable bonds is 1. The number of H-pyrrole nitrogens is 1. The van der Waals surface area contributed by atoms with Crippen molar-refractivity contribution >= 4 is 22.6 Å². The lowest BCUT2D eigenvalue weighted by molar-refractivity contribution is 0.325. The van der Waals surface area contributed by atoms with Crippen LogP contribution in [0.5, 0.6) is 0 Å². The van der Waals surface area contributed by atoms with E-state index in [4.69, 9.17) is 16.6 Å². The highest BCUT2D eigenvalue weighted by atomic mass is 35.5. The predicted molar refractivity (Wildman–Crippen MR) is 77.3 cm³/mol. The summed E-state index contributed by atoms with van der Waals surface area (Å²) in [6.07, 6.45) is 6.66. The molecule has 2 fully saturated rings. The van der Waals surface area contributed by atoms with Crippen LogP contribution in [0.4, 0.5) is 0 Å². The van der Waals surface area contributed by atoms with Crippen LogP contribution in [-0.4, -0.2) is 16.0 Å². The van der Waals surface area contributed by atoms with Gasteiger partial charge in [0.25, 0.3) is 0 Å². The standard InChI is InChI=1S/C15H18ClN3/c16-10-5-3-7-12-14(10)19-15(18-12)13-8-9-4-1-2-6-11(9)17-13/h3,5,7,9,11,13,17H,1-2,4,6,8H2,(H,18,19). The zero-order valence-corrected chi connectivity index (χ0v) is 11.6. The molecule has 3 unspecified atom stereocenters. The van der Waals surface area contributed by atoms with Gasteiger partial charge in [0.2, 0.25) is 0 Å². The van der Waals surface area contributed by atoms with E-state index in [-0.39, 0.29) is 0 Å². The Balaban J connectivity index is 1.66. The molecule has 0 radical (unpaired) electrons. The summed E-state index contributed by atoms with van der Waals surface area (Å²) in [6, 6.07) is 6.98. The van der Waals surface area contributed by atoms with Crippen LogP contribution in [-0.2, 0) is 0 Å². The molecule has 2 aromatic rings. The number of nitrogens with zero attached hydrogens (tertiary/aromatic N) is 1. The summed E-state index contributed by atoms with van der Waals surface area (Å²) < 4.78 is 0. The fourth-order valence-electron chi connectivity index (χ4n) is 3.71. The van der Waals surface area contributed by atoms with Gasteiger partial charge in [-0.25, -0.2) is 4.98 Å². The summed E-state index contributed by atoms with van der Waals surface area (Å²) in [5.41, 5.74) is 1.94. The van der Waals surface area contributed by atoms with Crippen molar-refractivity contribution in [2.75, 3.05) is 0 Å². The molecule has 2 aliphatic rings. The molecule has 1 saturated heterocycles. The number of hydrogen-bond acceptors (Lipinski definition) is 2. The molecule has 4 rings (SSSR count). The number of aromatic nitrogens is 2. The van der Waals surface area contributed by atoms with Crippen LogP contribution in [0.1, 0.15) is 44.0 Å². The van der Waals surface area contributed by atoms with E-state index in [1.165, 1.54) is 32.1 Å². The van der Waals surface area contributed by atoms with Gasteiger partial charge in [-0.1, -0.05) is 30.5 Å². The maximum atomic E-state index is 6.20. The van der Waals surface area contributed by atoms with E-state index >= 15 is 0 Å². The molecule has 1 aromatic heterocycles. The van der Waals surface area contributed by atoms with Crippen molar-refractivity contribution in [2.45, 2.75) is 44.2 Å². The lowest BCUT2D eigenvalue weighted by atomic mass is 9.85. The monoisotopic (exact) mass is 275 g/mol. The number of benzene rings is 1. The quantitative estimate of drug-likeness (QED) is 0.831. The van der Waals surface area contributed by atoms with E-state index in [0.717, 1.165) is 27.8 Å². The highest BCUT2D eigenvalue weighted by Gasteiger charge is 2.36. The molecule has 1 aliphatic carbocycles. The average molecular weight is 276 g/mol. The molecule has 0 bridgehead atoms. The van der Waals surface area contributed by atoms with Crippen LogP contribution >= 0.6 is 11.6 Å². The summed E-state index contributed by atoms with van der Waals surface area (Å²) in [5.74, 6) is 1.89. The number of imidazole rings is 1. The first kappa shape index (κ1) is 11.7. The zero-order valence-electron chi connectivity index (χ0n) is 10.8. The molecule has 1 aliphatic heterocycles. The van der Waals surface area contributed by atoms with Crippen LogP contribution in [0.15, 0.2) is 18.2 Å². The molecule has 2 heterocycles. The minimum Gasteiger partial charge on any atom is -0.341 e. The van der Waals surface area contributed by atoms with Gasteiger partial charge in [0.1, 0.15) is 11.3 Å². The topological polar surface area (TPSA) is 40.7 Å². The molecule has 4 heteroatoms. The van der Waals surface area contributed by atoms with Crippen LogP contribution in [0, 0.1) is 5.92 Å².